The summed E-state index contributed by atoms with van der Waals surface area (Å²) >= 11 is 0. The zero-order chi connectivity index (χ0) is 29.9. The third-order valence-corrected chi connectivity index (χ3v) is 6.55. The molecule has 1 fully saturated rings. The molecule has 0 unspecified atom stereocenters. The molecule has 0 atom stereocenters. The van der Waals surface area contributed by atoms with Crippen molar-refractivity contribution in [3.8, 4) is 40.4 Å². The highest BCUT2D eigenvalue weighted by molar-refractivity contribution is 5.95. The molecule has 0 bridgehead atoms. The molecule has 0 saturated carbocycles. The van der Waals surface area contributed by atoms with E-state index in [1.165, 1.54) is 12.3 Å². The number of hydrogen-bond donors (Lipinski definition) is 1. The lowest BCUT2D eigenvalue weighted by Gasteiger charge is -2.26. The quantitative estimate of drug-likeness (QED) is 0.366. The predicted octanol–water partition coefficient (Wildman–Crippen LogP) is 4.64. The number of nitrogen functional groups attached to an aromatic ring is 1. The maximum Gasteiger partial charge on any atom is 0.410 e. The zero-order valence-corrected chi connectivity index (χ0v) is 23.6. The highest BCUT2D eigenvalue weighted by Crippen LogP contribution is 2.29. The number of nitriles is 1. The average molecular weight is 569 g/mol. The Bertz CT molecular complexity index is 1660. The summed E-state index contributed by atoms with van der Waals surface area (Å²) < 4.78 is 11.3. The number of hydrogen-bond acceptors (Lipinski definition) is 10. The van der Waals surface area contributed by atoms with Crippen molar-refractivity contribution in [3.05, 3.63) is 65.9 Å². The molecule has 5 rings (SSSR count). The third-order valence-electron chi connectivity index (χ3n) is 6.55. The van der Waals surface area contributed by atoms with Crippen LogP contribution in [0.5, 0.6) is 0 Å². The van der Waals surface area contributed by atoms with Gasteiger partial charge in [0, 0.05) is 44.3 Å². The second-order valence-electron chi connectivity index (χ2n) is 10.8. The molecule has 12 nitrogen and oxygen atoms in total. The van der Waals surface area contributed by atoms with Crippen molar-refractivity contribution in [3.63, 3.8) is 0 Å². The summed E-state index contributed by atoms with van der Waals surface area (Å²) in [5.74, 6) is 0.259. The molecule has 2 N–H and O–H groups in total. The van der Waals surface area contributed by atoms with Crippen LogP contribution in [0.25, 0.3) is 34.3 Å². The number of anilines is 1. The Morgan fingerprint density at radius 3 is 2.48 bits per heavy atom. The van der Waals surface area contributed by atoms with Crippen LogP contribution in [0.3, 0.4) is 0 Å². The second kappa shape index (κ2) is 11.7. The van der Waals surface area contributed by atoms with E-state index < -0.39 is 11.7 Å². The van der Waals surface area contributed by atoms with E-state index in [9.17, 15) is 14.9 Å². The molecule has 42 heavy (non-hydrogen) atoms. The van der Waals surface area contributed by atoms with Crippen molar-refractivity contribution in [2.75, 3.05) is 31.9 Å². The van der Waals surface area contributed by atoms with Crippen molar-refractivity contribution in [2.24, 2.45) is 0 Å². The number of carbonyl (C=O) groups excluding carboxylic acids is 2. The highest BCUT2D eigenvalue weighted by atomic mass is 16.6. The number of amides is 2. The van der Waals surface area contributed by atoms with E-state index in [2.05, 4.69) is 26.2 Å². The van der Waals surface area contributed by atoms with Gasteiger partial charge >= 0.3 is 6.09 Å². The summed E-state index contributed by atoms with van der Waals surface area (Å²) in [6.45, 7) is 7.13. The fourth-order valence-corrected chi connectivity index (χ4v) is 4.51. The number of ether oxygens (including phenoxy) is 1. The molecule has 4 aromatic rings. The minimum Gasteiger partial charge on any atom is -0.444 e. The molecule has 2 aromatic heterocycles. The van der Waals surface area contributed by atoms with E-state index in [0.29, 0.717) is 55.3 Å². The molecule has 216 valence electrons. The van der Waals surface area contributed by atoms with Crippen LogP contribution in [0.2, 0.25) is 0 Å². The van der Waals surface area contributed by atoms with Gasteiger partial charge in [-0.3, -0.25) is 4.79 Å². The van der Waals surface area contributed by atoms with Crippen LogP contribution in [0.15, 0.2) is 59.1 Å². The predicted molar refractivity (Wildman–Crippen MR) is 156 cm³/mol. The SMILES string of the molecule is CC(C)(C)OC(=O)N1CCCN(C(=O)c2ccc(-c3cnc(N)c(-c4nnc(-c5ccccc5)o4)n3)c(C#N)c2)CC1.[HH]. The lowest BCUT2D eigenvalue weighted by atomic mass is 10.0. The lowest BCUT2D eigenvalue weighted by Crippen LogP contribution is -2.40. The van der Waals surface area contributed by atoms with Gasteiger partial charge in [0.05, 0.1) is 23.5 Å². The molecule has 12 heteroatoms. The Morgan fingerprint density at radius 2 is 1.74 bits per heavy atom. The molecule has 1 aliphatic heterocycles. The number of rotatable bonds is 4. The van der Waals surface area contributed by atoms with Gasteiger partial charge in [-0.1, -0.05) is 24.3 Å². The number of aromatic nitrogens is 4. The number of carbonyl (C=O) groups is 2. The molecule has 0 aliphatic carbocycles. The van der Waals surface area contributed by atoms with Crippen molar-refractivity contribution >= 4 is 17.8 Å². The van der Waals surface area contributed by atoms with Gasteiger partial charge in [0.1, 0.15) is 5.60 Å². The van der Waals surface area contributed by atoms with E-state index in [-0.39, 0.29) is 30.3 Å². The topological polar surface area (TPSA) is 164 Å². The van der Waals surface area contributed by atoms with Gasteiger partial charge in [0.15, 0.2) is 11.5 Å². The van der Waals surface area contributed by atoms with Gasteiger partial charge < -0.3 is 24.7 Å². The highest BCUT2D eigenvalue weighted by Gasteiger charge is 2.27. The van der Waals surface area contributed by atoms with Gasteiger partial charge in [-0.05, 0) is 51.5 Å². The fraction of sp³-hybridized carbons (Fsp3) is 0.300. The first kappa shape index (κ1) is 28.2. The zero-order valence-electron chi connectivity index (χ0n) is 23.6. The van der Waals surface area contributed by atoms with Gasteiger partial charge in [0.2, 0.25) is 5.89 Å². The lowest BCUT2D eigenvalue weighted by molar-refractivity contribution is 0.0255. The first-order valence-electron chi connectivity index (χ1n) is 13.5. The maximum absolute atomic E-state index is 13.4. The van der Waals surface area contributed by atoms with Gasteiger partial charge in [-0.25, -0.2) is 14.8 Å². The summed E-state index contributed by atoms with van der Waals surface area (Å²) in [5, 5.41) is 18.1. The first-order valence-corrected chi connectivity index (χ1v) is 13.5. The van der Waals surface area contributed by atoms with Gasteiger partial charge in [-0.15, -0.1) is 10.2 Å². The second-order valence-corrected chi connectivity index (χ2v) is 10.8. The van der Waals surface area contributed by atoms with E-state index in [1.54, 1.807) is 21.9 Å². The van der Waals surface area contributed by atoms with E-state index in [4.69, 9.17) is 14.9 Å². The third kappa shape index (κ3) is 6.20. The van der Waals surface area contributed by atoms with Crippen LogP contribution in [-0.2, 0) is 4.74 Å². The van der Waals surface area contributed by atoms with E-state index in [0.717, 1.165) is 5.56 Å². The standard InChI is InChI=1S/C30H30N8O4.H2/c1-30(2,3)42-29(40)38-13-7-12-37(14-15-38)28(39)20-10-11-22(21(16-20)17-31)23-18-33-25(32)24(34-23)27-36-35-26(41-27)19-8-5-4-6-9-19;/h4-6,8-11,16,18H,7,12-15H2,1-3H3,(H2,32,33);1H. The van der Waals surface area contributed by atoms with Gasteiger partial charge in [-0.2, -0.15) is 5.26 Å². The molecule has 1 aliphatic rings. The Balaban J connectivity index is 0.00000423. The van der Waals surface area contributed by atoms with Crippen LogP contribution in [0.4, 0.5) is 10.6 Å². The number of nitrogens with two attached hydrogens (primary N) is 1. The fourth-order valence-electron chi connectivity index (χ4n) is 4.51. The van der Waals surface area contributed by atoms with Crippen molar-refractivity contribution in [1.82, 2.24) is 30.0 Å². The largest absolute Gasteiger partial charge is 0.444 e. The van der Waals surface area contributed by atoms with Crippen LogP contribution < -0.4 is 5.73 Å². The summed E-state index contributed by atoms with van der Waals surface area (Å²) in [7, 11) is 0. The first-order chi connectivity index (χ1) is 20.1. The van der Waals surface area contributed by atoms with Crippen molar-refractivity contribution in [2.45, 2.75) is 32.8 Å². The van der Waals surface area contributed by atoms with Crippen molar-refractivity contribution in [1.29, 1.82) is 5.26 Å². The molecule has 3 heterocycles. The molecular formula is C30H32N8O4. The summed E-state index contributed by atoms with van der Waals surface area (Å²) in [5.41, 5.74) is 7.84. The van der Waals surface area contributed by atoms with Crippen molar-refractivity contribution < 1.29 is 20.2 Å². The molecule has 1 saturated heterocycles. The Labute approximate surface area is 244 Å². The minimum atomic E-state index is -0.597. The minimum absolute atomic E-state index is 0. The van der Waals surface area contributed by atoms with Crippen LogP contribution in [-0.4, -0.2) is 73.7 Å². The molecular weight excluding hydrogens is 536 g/mol. The normalized spacial score (nSPS) is 13.8. The number of benzene rings is 2. The van der Waals surface area contributed by atoms with Crippen LogP contribution >= 0.6 is 0 Å². The Hall–Kier alpha value is -5.31. The van der Waals surface area contributed by atoms with Crippen LogP contribution in [0, 0.1) is 11.3 Å². The molecule has 2 amide bonds. The van der Waals surface area contributed by atoms with Gasteiger partial charge in [0.25, 0.3) is 11.8 Å². The monoisotopic (exact) mass is 568 g/mol. The summed E-state index contributed by atoms with van der Waals surface area (Å²) in [6, 6.07) is 16.3. The summed E-state index contributed by atoms with van der Waals surface area (Å²) in [6.07, 6.45) is 1.67. The summed E-state index contributed by atoms with van der Waals surface area (Å²) in [4.78, 5) is 38.0. The molecule has 0 spiro atoms. The molecule has 2 aromatic carbocycles. The smallest absolute Gasteiger partial charge is 0.410 e. The van der Waals surface area contributed by atoms with Crippen LogP contribution in [0.1, 0.15) is 44.5 Å². The van der Waals surface area contributed by atoms with E-state index in [1.807, 2.05) is 51.1 Å². The molecule has 0 radical (unpaired) electrons. The van der Waals surface area contributed by atoms with E-state index >= 15 is 0 Å². The number of nitrogens with zero attached hydrogens (tertiary/aromatic N) is 7. The maximum atomic E-state index is 13.4. The average Bonchev–Trinajstić information content (AvgIpc) is 3.33. The Kier molecular flexibility index (Phi) is 7.84. The Morgan fingerprint density at radius 1 is 1.02 bits per heavy atom.